The Morgan fingerprint density at radius 3 is 2.61 bits per heavy atom. The van der Waals surface area contributed by atoms with Crippen molar-refractivity contribution in [2.24, 2.45) is 5.73 Å². The molecule has 4 rings (SSSR count). The molecule has 1 aliphatic rings. The van der Waals surface area contributed by atoms with Crippen LogP contribution in [0.4, 0.5) is 5.82 Å². The van der Waals surface area contributed by atoms with Gasteiger partial charge in [-0.1, -0.05) is 24.8 Å². The first-order chi connectivity index (χ1) is 14.9. The fourth-order valence-corrected chi connectivity index (χ4v) is 4.38. The predicted octanol–water partition coefficient (Wildman–Crippen LogP) is 4.68. The molecule has 0 aliphatic carbocycles. The van der Waals surface area contributed by atoms with Gasteiger partial charge in [-0.25, -0.2) is 4.98 Å². The molecule has 0 unspecified atom stereocenters. The van der Waals surface area contributed by atoms with Gasteiger partial charge in [-0.2, -0.15) is 4.98 Å². The highest BCUT2D eigenvalue weighted by atomic mass is 35.5. The normalized spacial score (nSPS) is 13.7. The van der Waals surface area contributed by atoms with Crippen LogP contribution >= 0.6 is 22.9 Å². The van der Waals surface area contributed by atoms with Gasteiger partial charge in [0.25, 0.3) is 0 Å². The average molecular weight is 457 g/mol. The van der Waals surface area contributed by atoms with Crippen molar-refractivity contribution in [3.05, 3.63) is 70.0 Å². The molecule has 0 spiro atoms. The van der Waals surface area contributed by atoms with Crippen molar-refractivity contribution in [3.8, 4) is 11.8 Å². The second kappa shape index (κ2) is 8.74. The summed E-state index contributed by atoms with van der Waals surface area (Å²) in [5, 5.41) is 1.61. The van der Waals surface area contributed by atoms with Crippen molar-refractivity contribution in [1.29, 1.82) is 0 Å². The van der Waals surface area contributed by atoms with E-state index in [4.69, 9.17) is 27.1 Å². The minimum absolute atomic E-state index is 0.460. The third-order valence-electron chi connectivity index (χ3n) is 5.10. The lowest BCUT2D eigenvalue weighted by atomic mass is 10.2. The summed E-state index contributed by atoms with van der Waals surface area (Å²) >= 11 is 7.67. The maximum atomic E-state index is 6.18. The van der Waals surface area contributed by atoms with E-state index in [1.54, 1.807) is 23.5 Å². The molecular formula is C22H25ClN6OS. The largest absolute Gasteiger partial charge is 0.425 e. The minimum atomic E-state index is 0.460. The van der Waals surface area contributed by atoms with Crippen molar-refractivity contribution < 1.29 is 4.74 Å². The number of imidazole rings is 1. The van der Waals surface area contributed by atoms with Gasteiger partial charge in [0.15, 0.2) is 5.82 Å². The molecule has 1 aliphatic heterocycles. The summed E-state index contributed by atoms with van der Waals surface area (Å²) in [6, 6.07) is 7.67. The van der Waals surface area contributed by atoms with Crippen LogP contribution in [-0.2, 0) is 6.54 Å². The molecule has 0 fully saturated rings. The zero-order chi connectivity index (χ0) is 22.1. The Bertz CT molecular complexity index is 1120. The number of ether oxygens (including phenoxy) is 1. The summed E-state index contributed by atoms with van der Waals surface area (Å²) < 4.78 is 8.20. The highest BCUT2D eigenvalue weighted by Crippen LogP contribution is 2.41. The van der Waals surface area contributed by atoms with Crippen LogP contribution in [0.25, 0.3) is 5.70 Å². The Morgan fingerprint density at radius 2 is 1.97 bits per heavy atom. The van der Waals surface area contributed by atoms with E-state index in [-0.39, 0.29) is 0 Å². The predicted molar refractivity (Wildman–Crippen MR) is 127 cm³/mol. The Morgan fingerprint density at radius 1 is 1.23 bits per heavy atom. The lowest BCUT2D eigenvalue weighted by Crippen LogP contribution is -2.38. The third kappa shape index (κ3) is 4.19. The molecule has 3 heterocycles. The van der Waals surface area contributed by atoms with Crippen LogP contribution in [0.1, 0.15) is 22.0 Å². The number of aromatic nitrogens is 3. The number of nitrogens with zero attached hydrogens (tertiary/aromatic N) is 5. The van der Waals surface area contributed by atoms with Crippen molar-refractivity contribution >= 4 is 34.5 Å². The maximum absolute atomic E-state index is 6.18. The van der Waals surface area contributed by atoms with Gasteiger partial charge in [-0.15, -0.1) is 11.3 Å². The number of hydrogen-bond donors (Lipinski definition) is 1. The van der Waals surface area contributed by atoms with E-state index in [1.165, 1.54) is 0 Å². The molecule has 7 nitrogen and oxygen atoms in total. The smallest absolute Gasteiger partial charge is 0.304 e. The number of fused-ring (bicyclic) bond motifs is 1. The number of halogens is 1. The Hall–Kier alpha value is -2.81. The molecule has 0 saturated heterocycles. The van der Waals surface area contributed by atoms with Gasteiger partial charge in [-0.05, 0) is 44.2 Å². The lowest BCUT2D eigenvalue weighted by molar-refractivity contribution is 0.414. The van der Waals surface area contributed by atoms with Gasteiger partial charge >= 0.3 is 6.01 Å². The van der Waals surface area contributed by atoms with E-state index in [1.807, 2.05) is 41.8 Å². The van der Waals surface area contributed by atoms with Crippen molar-refractivity contribution in [3.63, 3.8) is 0 Å². The van der Waals surface area contributed by atoms with E-state index < -0.39 is 0 Å². The Balaban J connectivity index is 1.79. The van der Waals surface area contributed by atoms with Gasteiger partial charge < -0.3 is 20.3 Å². The highest BCUT2D eigenvalue weighted by Gasteiger charge is 2.33. The molecule has 0 radical (unpaired) electrons. The number of rotatable bonds is 7. The monoisotopic (exact) mass is 456 g/mol. The van der Waals surface area contributed by atoms with E-state index >= 15 is 0 Å². The minimum Gasteiger partial charge on any atom is -0.425 e. The molecule has 3 aromatic rings. The summed E-state index contributed by atoms with van der Waals surface area (Å²) in [4.78, 5) is 14.5. The van der Waals surface area contributed by atoms with E-state index in [0.717, 1.165) is 45.9 Å². The zero-order valence-corrected chi connectivity index (χ0v) is 19.2. The van der Waals surface area contributed by atoms with Gasteiger partial charge in [0, 0.05) is 29.7 Å². The SMILES string of the molecule is C=C1c2c(nc(Oc3ccc(Cl)cc3)n2Cc2ncc(C)s2)N(C)C(=C)N1CCCN. The molecule has 2 N–H and O–H groups in total. The van der Waals surface area contributed by atoms with Gasteiger partial charge in [0.2, 0.25) is 0 Å². The number of thiazole rings is 1. The average Bonchev–Trinajstić information content (AvgIpc) is 3.32. The molecule has 0 saturated carbocycles. The lowest BCUT2D eigenvalue weighted by Gasteiger charge is -2.38. The van der Waals surface area contributed by atoms with Gasteiger partial charge in [-0.3, -0.25) is 4.57 Å². The molecule has 0 amide bonds. The topological polar surface area (TPSA) is 72.4 Å². The van der Waals surface area contributed by atoms with E-state index in [0.29, 0.717) is 29.9 Å². The standard InChI is InChI=1S/C22H25ClN6OS/c1-14-12-25-19(31-14)13-29-20-15(2)28(11-5-10-24)16(3)27(4)21(20)26-22(29)30-18-8-6-17(23)7-9-18/h6-9,12H,2-3,5,10-11,13,24H2,1,4H3. The third-order valence-corrected chi connectivity index (χ3v) is 6.25. The molecular weight excluding hydrogens is 432 g/mol. The first-order valence-corrected chi connectivity index (χ1v) is 11.1. The molecule has 162 valence electrons. The maximum Gasteiger partial charge on any atom is 0.304 e. The van der Waals surface area contributed by atoms with Crippen molar-refractivity contribution in [2.75, 3.05) is 25.0 Å². The van der Waals surface area contributed by atoms with Crippen molar-refractivity contribution in [1.82, 2.24) is 19.4 Å². The molecule has 0 bridgehead atoms. The van der Waals surface area contributed by atoms with Crippen LogP contribution in [0.5, 0.6) is 11.8 Å². The van der Waals surface area contributed by atoms with Crippen LogP contribution in [0.3, 0.4) is 0 Å². The highest BCUT2D eigenvalue weighted by molar-refractivity contribution is 7.11. The first-order valence-electron chi connectivity index (χ1n) is 9.93. The molecule has 2 aromatic heterocycles. The first kappa shape index (κ1) is 21.4. The van der Waals surface area contributed by atoms with Crippen LogP contribution < -0.4 is 15.4 Å². The number of anilines is 1. The Labute approximate surface area is 191 Å². The van der Waals surface area contributed by atoms with Crippen LogP contribution in [0.15, 0.2) is 49.4 Å². The molecule has 9 heteroatoms. The molecule has 31 heavy (non-hydrogen) atoms. The van der Waals surface area contributed by atoms with Crippen LogP contribution in [0, 0.1) is 6.92 Å². The van der Waals surface area contributed by atoms with E-state index in [2.05, 4.69) is 23.0 Å². The van der Waals surface area contributed by atoms with Crippen LogP contribution in [0.2, 0.25) is 5.02 Å². The second-order valence-corrected chi connectivity index (χ2v) is 9.04. The number of nitrogens with two attached hydrogens (primary N) is 1. The fraction of sp³-hybridized carbons (Fsp3) is 0.273. The quantitative estimate of drug-likeness (QED) is 0.556. The van der Waals surface area contributed by atoms with Crippen molar-refractivity contribution in [2.45, 2.75) is 19.9 Å². The fourth-order valence-electron chi connectivity index (χ4n) is 3.48. The Kier molecular flexibility index (Phi) is 6.04. The summed E-state index contributed by atoms with van der Waals surface area (Å²) in [6.07, 6.45) is 2.70. The van der Waals surface area contributed by atoms with E-state index in [9.17, 15) is 0 Å². The molecule has 0 atom stereocenters. The summed E-state index contributed by atoms with van der Waals surface area (Å²) in [7, 11) is 1.94. The number of benzene rings is 1. The zero-order valence-electron chi connectivity index (χ0n) is 17.6. The summed E-state index contributed by atoms with van der Waals surface area (Å²) in [6.45, 7) is 12.5. The second-order valence-electron chi connectivity index (χ2n) is 7.29. The number of hydrogen-bond acceptors (Lipinski definition) is 7. The van der Waals surface area contributed by atoms with Crippen LogP contribution in [-0.4, -0.2) is 39.6 Å². The summed E-state index contributed by atoms with van der Waals surface area (Å²) in [5.41, 5.74) is 7.44. The summed E-state index contributed by atoms with van der Waals surface area (Å²) in [5.74, 6) is 2.20. The number of aryl methyl sites for hydroxylation is 1. The van der Waals surface area contributed by atoms with Gasteiger partial charge in [0.1, 0.15) is 22.3 Å². The molecule has 1 aromatic carbocycles. The van der Waals surface area contributed by atoms with Gasteiger partial charge in [0.05, 0.1) is 12.2 Å².